The Morgan fingerprint density at radius 3 is 2.50 bits per heavy atom. The number of aryl methyl sites for hydroxylation is 3. The van der Waals surface area contributed by atoms with Gasteiger partial charge in [-0.25, -0.2) is 0 Å². The van der Waals surface area contributed by atoms with E-state index in [0.29, 0.717) is 18.7 Å². The molecule has 1 aromatic carbocycles. The average molecular weight is 416 g/mol. The van der Waals surface area contributed by atoms with Crippen LogP contribution in [0.3, 0.4) is 0 Å². The summed E-state index contributed by atoms with van der Waals surface area (Å²) in [5, 5.41) is 11.8. The zero-order valence-corrected chi connectivity index (χ0v) is 16.7. The minimum Gasteiger partial charge on any atom is -0.346 e. The van der Waals surface area contributed by atoms with Gasteiger partial charge in [0.15, 0.2) is 0 Å². The lowest BCUT2D eigenvalue weighted by Crippen LogP contribution is -2.23. The van der Waals surface area contributed by atoms with E-state index in [9.17, 15) is 4.79 Å². The van der Waals surface area contributed by atoms with E-state index < -0.39 is 0 Å². The standard InChI is InChI=1S/C19H22BrN5O/c1-4-24-12-17(20)18(23-24)10-21-19(26)16-7-5-15(6-8-16)11-25-14(3)9-13(2)22-25/h5-9,12H,4,10-11H2,1-3H3,(H,21,26). The summed E-state index contributed by atoms with van der Waals surface area (Å²) in [6.45, 7) is 7.93. The molecule has 0 atom stereocenters. The number of carbonyl (C=O) groups excluding carboxylic acids is 1. The van der Waals surface area contributed by atoms with Crippen LogP contribution in [0, 0.1) is 13.8 Å². The Labute approximate surface area is 161 Å². The minimum absolute atomic E-state index is 0.111. The van der Waals surface area contributed by atoms with Crippen molar-refractivity contribution in [1.82, 2.24) is 24.9 Å². The second-order valence-electron chi connectivity index (χ2n) is 6.24. The molecule has 0 saturated carbocycles. The van der Waals surface area contributed by atoms with Crippen LogP contribution in [0.25, 0.3) is 0 Å². The van der Waals surface area contributed by atoms with Crippen molar-refractivity contribution in [2.45, 2.75) is 40.4 Å². The van der Waals surface area contributed by atoms with E-state index in [4.69, 9.17) is 0 Å². The van der Waals surface area contributed by atoms with Crippen LogP contribution in [-0.2, 0) is 19.6 Å². The minimum atomic E-state index is -0.111. The van der Waals surface area contributed by atoms with Gasteiger partial charge < -0.3 is 5.32 Å². The summed E-state index contributed by atoms with van der Waals surface area (Å²) in [5.41, 5.74) is 4.70. The van der Waals surface area contributed by atoms with Crippen LogP contribution >= 0.6 is 15.9 Å². The lowest BCUT2D eigenvalue weighted by molar-refractivity contribution is 0.0950. The molecular formula is C19H22BrN5O. The summed E-state index contributed by atoms with van der Waals surface area (Å²) in [5.74, 6) is -0.111. The number of nitrogens with zero attached hydrogens (tertiary/aromatic N) is 4. The van der Waals surface area contributed by atoms with E-state index in [1.807, 2.05) is 60.6 Å². The molecule has 0 spiro atoms. The number of hydrogen-bond acceptors (Lipinski definition) is 3. The predicted molar refractivity (Wildman–Crippen MR) is 104 cm³/mol. The number of halogens is 1. The highest BCUT2D eigenvalue weighted by Crippen LogP contribution is 2.15. The number of benzene rings is 1. The van der Waals surface area contributed by atoms with Gasteiger partial charge in [-0.05, 0) is 60.5 Å². The van der Waals surface area contributed by atoms with Crippen LogP contribution in [0.2, 0.25) is 0 Å². The summed E-state index contributed by atoms with van der Waals surface area (Å²) in [4.78, 5) is 12.4. The zero-order chi connectivity index (χ0) is 18.7. The SMILES string of the molecule is CCn1cc(Br)c(CNC(=O)c2ccc(Cn3nc(C)cc3C)cc2)n1. The lowest BCUT2D eigenvalue weighted by Gasteiger charge is -2.07. The van der Waals surface area contributed by atoms with Gasteiger partial charge in [-0.15, -0.1) is 0 Å². The largest absolute Gasteiger partial charge is 0.346 e. The highest BCUT2D eigenvalue weighted by atomic mass is 79.9. The van der Waals surface area contributed by atoms with E-state index in [1.54, 1.807) is 0 Å². The zero-order valence-electron chi connectivity index (χ0n) is 15.2. The van der Waals surface area contributed by atoms with Crippen molar-refractivity contribution < 1.29 is 4.79 Å². The van der Waals surface area contributed by atoms with Crippen LogP contribution in [0.5, 0.6) is 0 Å². The summed E-state index contributed by atoms with van der Waals surface area (Å²) in [7, 11) is 0. The van der Waals surface area contributed by atoms with Gasteiger partial charge in [0.1, 0.15) is 0 Å². The van der Waals surface area contributed by atoms with E-state index in [-0.39, 0.29) is 5.91 Å². The summed E-state index contributed by atoms with van der Waals surface area (Å²) in [6.07, 6.45) is 1.91. The maximum absolute atomic E-state index is 12.4. The average Bonchev–Trinajstić information content (AvgIpc) is 3.14. The van der Waals surface area contributed by atoms with Crippen molar-refractivity contribution in [3.05, 3.63) is 69.2 Å². The highest BCUT2D eigenvalue weighted by Gasteiger charge is 2.10. The quantitative estimate of drug-likeness (QED) is 0.670. The monoisotopic (exact) mass is 415 g/mol. The summed E-state index contributed by atoms with van der Waals surface area (Å²) >= 11 is 3.47. The van der Waals surface area contributed by atoms with Crippen molar-refractivity contribution in [2.75, 3.05) is 0 Å². The van der Waals surface area contributed by atoms with Gasteiger partial charge in [0.2, 0.25) is 0 Å². The first-order valence-electron chi connectivity index (χ1n) is 8.56. The Kier molecular flexibility index (Phi) is 5.56. The van der Waals surface area contributed by atoms with E-state index in [2.05, 4.69) is 37.5 Å². The van der Waals surface area contributed by atoms with Crippen LogP contribution in [0.1, 0.15) is 39.9 Å². The highest BCUT2D eigenvalue weighted by molar-refractivity contribution is 9.10. The molecule has 7 heteroatoms. The van der Waals surface area contributed by atoms with Gasteiger partial charge in [-0.3, -0.25) is 14.2 Å². The topological polar surface area (TPSA) is 64.7 Å². The second kappa shape index (κ2) is 7.86. The maximum Gasteiger partial charge on any atom is 0.251 e. The third kappa shape index (κ3) is 4.22. The maximum atomic E-state index is 12.4. The fourth-order valence-corrected chi connectivity index (χ4v) is 3.21. The molecule has 3 aromatic rings. The molecule has 136 valence electrons. The molecule has 0 aliphatic heterocycles. The molecular weight excluding hydrogens is 394 g/mol. The molecule has 26 heavy (non-hydrogen) atoms. The van der Waals surface area contributed by atoms with E-state index >= 15 is 0 Å². The molecule has 0 fully saturated rings. The molecule has 0 saturated heterocycles. The predicted octanol–water partition coefficient (Wildman–Crippen LogP) is 3.46. The Morgan fingerprint density at radius 1 is 1.19 bits per heavy atom. The van der Waals surface area contributed by atoms with Crippen LogP contribution in [0.15, 0.2) is 41.0 Å². The normalized spacial score (nSPS) is 10.9. The Morgan fingerprint density at radius 2 is 1.92 bits per heavy atom. The van der Waals surface area contributed by atoms with Gasteiger partial charge in [-0.1, -0.05) is 12.1 Å². The number of nitrogens with one attached hydrogen (secondary N) is 1. The number of amides is 1. The fraction of sp³-hybridized carbons (Fsp3) is 0.316. The second-order valence-corrected chi connectivity index (χ2v) is 7.10. The number of hydrogen-bond donors (Lipinski definition) is 1. The van der Waals surface area contributed by atoms with Gasteiger partial charge in [-0.2, -0.15) is 10.2 Å². The Bertz CT molecular complexity index is 911. The third-order valence-corrected chi connectivity index (χ3v) is 4.84. The number of rotatable bonds is 6. The molecule has 0 bridgehead atoms. The molecule has 3 rings (SSSR count). The molecule has 0 aliphatic rings. The molecule has 1 N–H and O–H groups in total. The first-order chi connectivity index (χ1) is 12.5. The molecule has 6 nitrogen and oxygen atoms in total. The van der Waals surface area contributed by atoms with E-state index in [0.717, 1.165) is 33.7 Å². The molecule has 1 amide bonds. The van der Waals surface area contributed by atoms with Gasteiger partial charge in [0.25, 0.3) is 5.91 Å². The van der Waals surface area contributed by atoms with Crippen molar-refractivity contribution >= 4 is 21.8 Å². The van der Waals surface area contributed by atoms with Crippen LogP contribution in [-0.4, -0.2) is 25.5 Å². The summed E-state index contributed by atoms with van der Waals surface area (Å²) < 4.78 is 4.70. The fourth-order valence-electron chi connectivity index (χ4n) is 2.75. The van der Waals surface area contributed by atoms with Crippen molar-refractivity contribution in [2.24, 2.45) is 0 Å². The molecule has 2 heterocycles. The van der Waals surface area contributed by atoms with Crippen molar-refractivity contribution in [3.8, 4) is 0 Å². The van der Waals surface area contributed by atoms with Crippen molar-refractivity contribution in [3.63, 3.8) is 0 Å². The molecule has 0 radical (unpaired) electrons. The first kappa shape index (κ1) is 18.4. The molecule has 0 aliphatic carbocycles. The molecule has 0 unspecified atom stereocenters. The van der Waals surface area contributed by atoms with E-state index in [1.165, 1.54) is 0 Å². The Hall–Kier alpha value is -2.41. The Balaban J connectivity index is 1.61. The molecule has 2 aromatic heterocycles. The first-order valence-corrected chi connectivity index (χ1v) is 9.35. The lowest BCUT2D eigenvalue weighted by atomic mass is 10.1. The number of carbonyl (C=O) groups is 1. The van der Waals surface area contributed by atoms with Crippen LogP contribution in [0.4, 0.5) is 0 Å². The smallest absolute Gasteiger partial charge is 0.251 e. The van der Waals surface area contributed by atoms with Gasteiger partial charge in [0.05, 0.1) is 29.0 Å². The van der Waals surface area contributed by atoms with Crippen molar-refractivity contribution in [1.29, 1.82) is 0 Å². The summed E-state index contributed by atoms with van der Waals surface area (Å²) in [6, 6.07) is 9.67. The number of aromatic nitrogens is 4. The van der Waals surface area contributed by atoms with Crippen LogP contribution < -0.4 is 5.32 Å². The van der Waals surface area contributed by atoms with Gasteiger partial charge in [0, 0.05) is 24.0 Å². The van der Waals surface area contributed by atoms with Gasteiger partial charge >= 0.3 is 0 Å². The third-order valence-electron chi connectivity index (χ3n) is 4.18.